The summed E-state index contributed by atoms with van der Waals surface area (Å²) in [5.41, 5.74) is 7.67. The first-order valence-electron chi connectivity index (χ1n) is 7.07. The Balaban J connectivity index is 1.94. The summed E-state index contributed by atoms with van der Waals surface area (Å²) >= 11 is 0. The molecule has 3 aromatic rings. The van der Waals surface area contributed by atoms with Gasteiger partial charge in [-0.25, -0.2) is 4.68 Å². The number of rotatable bonds is 1. The topological polar surface area (TPSA) is 17.8 Å². The van der Waals surface area contributed by atoms with Gasteiger partial charge in [0.1, 0.15) is 0 Å². The molecule has 0 unspecified atom stereocenters. The number of nitrogens with zero attached hydrogens (tertiary/aromatic N) is 2. The number of para-hydroxylation sites is 1. The van der Waals surface area contributed by atoms with Gasteiger partial charge in [0.25, 0.3) is 0 Å². The zero-order chi connectivity index (χ0) is 13.5. The number of aromatic nitrogens is 2. The molecule has 2 aromatic carbocycles. The van der Waals surface area contributed by atoms with E-state index < -0.39 is 0 Å². The molecule has 0 spiro atoms. The van der Waals surface area contributed by atoms with Crippen LogP contribution in [0.1, 0.15) is 16.8 Å². The van der Waals surface area contributed by atoms with Gasteiger partial charge >= 0.3 is 0 Å². The van der Waals surface area contributed by atoms with Crippen LogP contribution in [0.5, 0.6) is 0 Å². The number of hydrogen-bond acceptors (Lipinski definition) is 1. The Labute approximate surface area is 118 Å². The first-order chi connectivity index (χ1) is 9.84. The molecule has 0 saturated carbocycles. The monoisotopic (exact) mass is 260 g/mol. The number of hydrogen-bond donors (Lipinski definition) is 0. The van der Waals surface area contributed by atoms with Crippen molar-refractivity contribution < 1.29 is 0 Å². The van der Waals surface area contributed by atoms with Crippen molar-refractivity contribution in [3.63, 3.8) is 0 Å². The lowest BCUT2D eigenvalue weighted by Crippen LogP contribution is -2.03. The van der Waals surface area contributed by atoms with Gasteiger partial charge in [-0.2, -0.15) is 5.10 Å². The first kappa shape index (κ1) is 11.5. The summed E-state index contributed by atoms with van der Waals surface area (Å²) in [4.78, 5) is 0. The smallest absolute Gasteiger partial charge is 0.0965 e. The van der Waals surface area contributed by atoms with Crippen LogP contribution in [0.4, 0.5) is 0 Å². The third-order valence-corrected chi connectivity index (χ3v) is 4.16. The molecule has 0 radical (unpaired) electrons. The predicted octanol–water partition coefficient (Wildman–Crippen LogP) is 3.95. The molecule has 4 rings (SSSR count). The molecule has 0 saturated heterocycles. The third-order valence-electron chi connectivity index (χ3n) is 4.16. The molecule has 1 aromatic heterocycles. The quantitative estimate of drug-likeness (QED) is 0.648. The molecule has 1 aliphatic carbocycles. The zero-order valence-electron chi connectivity index (χ0n) is 11.5. The van der Waals surface area contributed by atoms with Gasteiger partial charge in [-0.05, 0) is 37.5 Å². The molecule has 1 heterocycles. The van der Waals surface area contributed by atoms with E-state index in [1.54, 1.807) is 0 Å². The van der Waals surface area contributed by atoms with Gasteiger partial charge in [0, 0.05) is 16.8 Å². The summed E-state index contributed by atoms with van der Waals surface area (Å²) in [7, 11) is 0. The predicted molar refractivity (Wildman–Crippen MR) is 81.1 cm³/mol. The van der Waals surface area contributed by atoms with Crippen LogP contribution in [0, 0.1) is 6.92 Å². The minimum Gasteiger partial charge on any atom is -0.237 e. The normalized spacial score (nSPS) is 12.8. The van der Waals surface area contributed by atoms with E-state index in [0.717, 1.165) is 24.2 Å². The van der Waals surface area contributed by atoms with Crippen LogP contribution < -0.4 is 0 Å². The molecule has 98 valence electrons. The minimum atomic E-state index is 1.09. The lowest BCUT2D eigenvalue weighted by molar-refractivity contribution is 0.846. The third kappa shape index (κ3) is 1.61. The molecular formula is C18H16N2. The fourth-order valence-corrected chi connectivity index (χ4v) is 3.10. The van der Waals surface area contributed by atoms with E-state index in [-0.39, 0.29) is 0 Å². The van der Waals surface area contributed by atoms with Gasteiger partial charge in [-0.1, -0.05) is 42.5 Å². The SMILES string of the molecule is Cc1c2c(nn1-c1ccccc1)-c1ccccc1CC2. The maximum atomic E-state index is 4.88. The fourth-order valence-electron chi connectivity index (χ4n) is 3.10. The Bertz CT molecular complexity index is 769. The summed E-state index contributed by atoms with van der Waals surface area (Å²) in [5, 5.41) is 4.88. The summed E-state index contributed by atoms with van der Waals surface area (Å²) in [6, 6.07) is 19.0. The first-order valence-corrected chi connectivity index (χ1v) is 7.07. The maximum absolute atomic E-state index is 4.88. The molecule has 2 nitrogen and oxygen atoms in total. The van der Waals surface area contributed by atoms with Crippen molar-refractivity contribution >= 4 is 0 Å². The average Bonchev–Trinajstić information content (AvgIpc) is 2.86. The van der Waals surface area contributed by atoms with E-state index in [0.29, 0.717) is 0 Å². The van der Waals surface area contributed by atoms with Gasteiger partial charge in [0.05, 0.1) is 11.4 Å². The summed E-state index contributed by atoms with van der Waals surface area (Å²) < 4.78 is 2.08. The number of fused-ring (bicyclic) bond motifs is 3. The van der Waals surface area contributed by atoms with Gasteiger partial charge in [0.15, 0.2) is 0 Å². The highest BCUT2D eigenvalue weighted by Crippen LogP contribution is 2.34. The van der Waals surface area contributed by atoms with Gasteiger partial charge < -0.3 is 0 Å². The molecule has 0 fully saturated rings. The molecule has 0 amide bonds. The van der Waals surface area contributed by atoms with Crippen molar-refractivity contribution in [2.45, 2.75) is 19.8 Å². The minimum absolute atomic E-state index is 1.09. The van der Waals surface area contributed by atoms with Crippen LogP contribution in [0.25, 0.3) is 16.9 Å². The van der Waals surface area contributed by atoms with E-state index in [1.807, 2.05) is 6.07 Å². The van der Waals surface area contributed by atoms with Crippen LogP contribution in [-0.4, -0.2) is 9.78 Å². The average molecular weight is 260 g/mol. The van der Waals surface area contributed by atoms with Gasteiger partial charge in [0.2, 0.25) is 0 Å². The van der Waals surface area contributed by atoms with Crippen LogP contribution in [0.3, 0.4) is 0 Å². The highest BCUT2D eigenvalue weighted by Gasteiger charge is 2.22. The van der Waals surface area contributed by atoms with E-state index in [2.05, 4.69) is 60.1 Å². The molecule has 20 heavy (non-hydrogen) atoms. The molecule has 1 aliphatic rings. The lowest BCUT2D eigenvalue weighted by Gasteiger charge is -2.14. The maximum Gasteiger partial charge on any atom is 0.0965 e. The second-order valence-electron chi connectivity index (χ2n) is 5.32. The Morgan fingerprint density at radius 3 is 2.50 bits per heavy atom. The Morgan fingerprint density at radius 1 is 0.900 bits per heavy atom. The second kappa shape index (κ2) is 4.34. The molecule has 0 bridgehead atoms. The fraction of sp³-hybridized carbons (Fsp3) is 0.167. The van der Waals surface area contributed by atoms with Crippen molar-refractivity contribution in [1.29, 1.82) is 0 Å². The zero-order valence-corrected chi connectivity index (χ0v) is 11.5. The number of benzene rings is 2. The van der Waals surface area contributed by atoms with Crippen molar-refractivity contribution in [2.24, 2.45) is 0 Å². The molecule has 0 aliphatic heterocycles. The van der Waals surface area contributed by atoms with Crippen LogP contribution in [0.2, 0.25) is 0 Å². The van der Waals surface area contributed by atoms with Crippen LogP contribution >= 0.6 is 0 Å². The van der Waals surface area contributed by atoms with Gasteiger partial charge in [-0.15, -0.1) is 0 Å². The molecular weight excluding hydrogens is 244 g/mol. The summed E-state index contributed by atoms with van der Waals surface area (Å²) in [5.74, 6) is 0. The second-order valence-corrected chi connectivity index (χ2v) is 5.32. The summed E-state index contributed by atoms with van der Waals surface area (Å²) in [6.45, 7) is 2.17. The Hall–Kier alpha value is -2.35. The standard InChI is InChI=1S/C18H16N2/c1-13-16-12-11-14-7-5-6-10-17(14)18(16)19-20(13)15-8-3-2-4-9-15/h2-10H,11-12H2,1H3. The van der Waals surface area contributed by atoms with E-state index in [9.17, 15) is 0 Å². The highest BCUT2D eigenvalue weighted by molar-refractivity contribution is 5.70. The summed E-state index contributed by atoms with van der Waals surface area (Å²) in [6.07, 6.45) is 2.20. The van der Waals surface area contributed by atoms with Gasteiger partial charge in [-0.3, -0.25) is 0 Å². The van der Waals surface area contributed by atoms with Crippen molar-refractivity contribution in [2.75, 3.05) is 0 Å². The lowest BCUT2D eigenvalue weighted by atomic mass is 9.89. The Morgan fingerprint density at radius 2 is 1.65 bits per heavy atom. The van der Waals surface area contributed by atoms with Crippen LogP contribution in [-0.2, 0) is 12.8 Å². The number of aryl methyl sites for hydroxylation is 1. The Kier molecular flexibility index (Phi) is 2.49. The van der Waals surface area contributed by atoms with E-state index >= 15 is 0 Å². The largest absolute Gasteiger partial charge is 0.237 e. The molecule has 2 heteroatoms. The molecule has 0 atom stereocenters. The van der Waals surface area contributed by atoms with Crippen molar-refractivity contribution in [3.05, 3.63) is 71.4 Å². The van der Waals surface area contributed by atoms with E-state index in [4.69, 9.17) is 5.10 Å². The van der Waals surface area contributed by atoms with Crippen LogP contribution in [0.15, 0.2) is 54.6 Å². The molecule has 0 N–H and O–H groups in total. The van der Waals surface area contributed by atoms with Crippen molar-refractivity contribution in [1.82, 2.24) is 9.78 Å². The van der Waals surface area contributed by atoms with E-state index in [1.165, 1.54) is 22.4 Å². The van der Waals surface area contributed by atoms with Crippen molar-refractivity contribution in [3.8, 4) is 16.9 Å². The highest BCUT2D eigenvalue weighted by atomic mass is 15.3.